The number of aromatic nitrogens is 2. The van der Waals surface area contributed by atoms with Crippen molar-refractivity contribution >= 4 is 29.2 Å². The highest BCUT2D eigenvalue weighted by Gasteiger charge is 2.26. The largest absolute Gasteiger partial charge is 0.338 e. The van der Waals surface area contributed by atoms with Crippen LogP contribution in [0.2, 0.25) is 0 Å². The first kappa shape index (κ1) is 19.2. The average Bonchev–Trinajstić information content (AvgIpc) is 3.09. The van der Waals surface area contributed by atoms with Gasteiger partial charge >= 0.3 is 6.03 Å². The van der Waals surface area contributed by atoms with E-state index in [1.807, 2.05) is 0 Å². The molecule has 0 radical (unpaired) electrons. The standard InChI is InChI=1S/C17H19F2N5O2S/c1-10-15(27-23-22-10)16(25)24-7-5-11(6-8-24)9-20-17(26)21-14-12(18)3-2-4-13(14)19/h2-4,11H,5-9H2,1H3,(H2,20,21,26). The van der Waals surface area contributed by atoms with Crippen LogP contribution in [0.3, 0.4) is 0 Å². The van der Waals surface area contributed by atoms with Gasteiger partial charge in [-0.25, -0.2) is 13.6 Å². The van der Waals surface area contributed by atoms with Gasteiger partial charge in [0.25, 0.3) is 5.91 Å². The lowest BCUT2D eigenvalue weighted by Crippen LogP contribution is -2.42. The maximum absolute atomic E-state index is 13.5. The zero-order valence-electron chi connectivity index (χ0n) is 14.7. The zero-order chi connectivity index (χ0) is 19.4. The highest BCUT2D eigenvalue weighted by Crippen LogP contribution is 2.21. The minimum atomic E-state index is -0.829. The summed E-state index contributed by atoms with van der Waals surface area (Å²) in [5.41, 5.74) is 0.162. The molecule has 0 atom stereocenters. The van der Waals surface area contributed by atoms with E-state index in [-0.39, 0.29) is 11.8 Å². The van der Waals surface area contributed by atoms with Crippen LogP contribution in [0, 0.1) is 24.5 Å². The predicted octanol–water partition coefficient (Wildman–Crippen LogP) is 2.80. The fraction of sp³-hybridized carbons (Fsp3) is 0.412. The number of amides is 3. The van der Waals surface area contributed by atoms with Gasteiger partial charge in [-0.15, -0.1) is 5.10 Å². The van der Waals surface area contributed by atoms with Gasteiger partial charge in [0.1, 0.15) is 22.2 Å². The van der Waals surface area contributed by atoms with Crippen molar-refractivity contribution in [3.05, 3.63) is 40.4 Å². The summed E-state index contributed by atoms with van der Waals surface area (Å²) in [6.45, 7) is 3.27. The van der Waals surface area contributed by atoms with E-state index in [9.17, 15) is 18.4 Å². The number of rotatable bonds is 4. The van der Waals surface area contributed by atoms with E-state index < -0.39 is 23.4 Å². The molecule has 0 bridgehead atoms. The Balaban J connectivity index is 1.45. The molecular weight excluding hydrogens is 376 g/mol. The fourth-order valence-corrected chi connectivity index (χ4v) is 3.55. The number of piperidine rings is 1. The Bertz CT molecular complexity index is 816. The van der Waals surface area contributed by atoms with Crippen molar-refractivity contribution in [3.63, 3.8) is 0 Å². The molecule has 1 aliphatic heterocycles. The summed E-state index contributed by atoms with van der Waals surface area (Å²) >= 11 is 1.09. The van der Waals surface area contributed by atoms with E-state index in [4.69, 9.17) is 0 Å². The number of carbonyl (C=O) groups excluding carboxylic acids is 2. The third-order valence-corrected chi connectivity index (χ3v) is 5.32. The van der Waals surface area contributed by atoms with Crippen LogP contribution in [-0.4, -0.2) is 46.1 Å². The van der Waals surface area contributed by atoms with Gasteiger partial charge in [0.05, 0.1) is 5.69 Å². The third kappa shape index (κ3) is 4.57. The molecule has 0 spiro atoms. The Morgan fingerprint density at radius 2 is 1.93 bits per heavy atom. The molecule has 10 heteroatoms. The molecule has 1 aromatic heterocycles. The van der Waals surface area contributed by atoms with Gasteiger partial charge in [-0.05, 0) is 49.3 Å². The minimum absolute atomic E-state index is 0.0679. The van der Waals surface area contributed by atoms with E-state index in [1.54, 1.807) is 11.8 Å². The lowest BCUT2D eigenvalue weighted by Gasteiger charge is -2.31. The van der Waals surface area contributed by atoms with Crippen LogP contribution in [0.25, 0.3) is 0 Å². The van der Waals surface area contributed by atoms with Crippen LogP contribution in [0.15, 0.2) is 18.2 Å². The molecule has 1 aliphatic rings. The molecule has 0 saturated carbocycles. The van der Waals surface area contributed by atoms with Crippen molar-refractivity contribution in [3.8, 4) is 0 Å². The van der Waals surface area contributed by atoms with Gasteiger partial charge in [0.15, 0.2) is 0 Å². The number of likely N-dealkylation sites (tertiary alicyclic amines) is 1. The average molecular weight is 395 g/mol. The van der Waals surface area contributed by atoms with Gasteiger partial charge in [-0.1, -0.05) is 10.6 Å². The van der Waals surface area contributed by atoms with Crippen molar-refractivity contribution in [1.29, 1.82) is 0 Å². The van der Waals surface area contributed by atoms with Gasteiger partial charge in [0.2, 0.25) is 0 Å². The summed E-state index contributed by atoms with van der Waals surface area (Å²) in [7, 11) is 0. The third-order valence-electron chi connectivity index (χ3n) is 4.50. The predicted molar refractivity (Wildman–Crippen MR) is 96.7 cm³/mol. The highest BCUT2D eigenvalue weighted by molar-refractivity contribution is 7.07. The monoisotopic (exact) mass is 395 g/mol. The van der Waals surface area contributed by atoms with Crippen LogP contribution >= 0.6 is 11.5 Å². The number of nitrogens with zero attached hydrogens (tertiary/aromatic N) is 3. The molecular formula is C17H19F2N5O2S. The highest BCUT2D eigenvalue weighted by atomic mass is 32.1. The lowest BCUT2D eigenvalue weighted by molar-refractivity contribution is 0.0694. The van der Waals surface area contributed by atoms with Crippen LogP contribution in [0.1, 0.15) is 28.2 Å². The van der Waals surface area contributed by atoms with E-state index in [0.29, 0.717) is 30.2 Å². The Kier molecular flexibility index (Phi) is 5.94. The number of anilines is 1. The molecule has 3 amide bonds. The second kappa shape index (κ2) is 8.38. The van der Waals surface area contributed by atoms with Crippen LogP contribution in [0.5, 0.6) is 0 Å². The first-order valence-electron chi connectivity index (χ1n) is 8.52. The Morgan fingerprint density at radius 1 is 1.26 bits per heavy atom. The number of aryl methyl sites for hydroxylation is 1. The first-order chi connectivity index (χ1) is 13.0. The van der Waals surface area contributed by atoms with Crippen LogP contribution in [0.4, 0.5) is 19.3 Å². The summed E-state index contributed by atoms with van der Waals surface area (Å²) in [6.07, 6.45) is 1.46. The van der Waals surface area contributed by atoms with Gasteiger partial charge in [0, 0.05) is 19.6 Å². The summed E-state index contributed by atoms with van der Waals surface area (Å²) in [6, 6.07) is 2.72. The molecule has 2 N–H and O–H groups in total. The van der Waals surface area contributed by atoms with Crippen molar-refractivity contribution in [2.45, 2.75) is 19.8 Å². The molecule has 3 rings (SSSR count). The number of hydrogen-bond acceptors (Lipinski definition) is 5. The molecule has 1 saturated heterocycles. The van der Waals surface area contributed by atoms with E-state index >= 15 is 0 Å². The number of hydrogen-bond donors (Lipinski definition) is 2. The van der Waals surface area contributed by atoms with Crippen LogP contribution in [-0.2, 0) is 0 Å². The summed E-state index contributed by atoms with van der Waals surface area (Å²) < 4.78 is 30.9. The molecule has 144 valence electrons. The maximum Gasteiger partial charge on any atom is 0.319 e. The van der Waals surface area contributed by atoms with Crippen LogP contribution < -0.4 is 10.6 Å². The molecule has 0 aliphatic carbocycles. The molecule has 27 heavy (non-hydrogen) atoms. The van der Waals surface area contributed by atoms with Gasteiger partial charge < -0.3 is 15.5 Å². The summed E-state index contributed by atoms with van der Waals surface area (Å²) in [5, 5.41) is 8.68. The number of halogens is 2. The number of para-hydroxylation sites is 1. The zero-order valence-corrected chi connectivity index (χ0v) is 15.5. The van der Waals surface area contributed by atoms with E-state index in [2.05, 4.69) is 20.2 Å². The summed E-state index contributed by atoms with van der Waals surface area (Å²) in [4.78, 5) is 26.6. The molecule has 2 heterocycles. The number of benzene rings is 1. The first-order valence-corrected chi connectivity index (χ1v) is 9.30. The van der Waals surface area contributed by atoms with Crippen molar-refractivity contribution in [2.24, 2.45) is 5.92 Å². The quantitative estimate of drug-likeness (QED) is 0.833. The fourth-order valence-electron chi connectivity index (χ4n) is 2.92. The second-order valence-corrected chi connectivity index (χ2v) is 7.11. The molecule has 1 aromatic carbocycles. The molecule has 7 nitrogen and oxygen atoms in total. The smallest absolute Gasteiger partial charge is 0.319 e. The number of urea groups is 1. The topological polar surface area (TPSA) is 87.2 Å². The number of nitrogens with one attached hydrogen (secondary N) is 2. The maximum atomic E-state index is 13.5. The van der Waals surface area contributed by atoms with Crippen molar-refractivity contribution < 1.29 is 18.4 Å². The van der Waals surface area contributed by atoms with Gasteiger partial charge in [-0.3, -0.25) is 4.79 Å². The van der Waals surface area contributed by atoms with Crippen molar-refractivity contribution in [2.75, 3.05) is 25.0 Å². The SMILES string of the molecule is Cc1nnsc1C(=O)N1CCC(CNC(=O)Nc2c(F)cccc2F)CC1. The van der Waals surface area contributed by atoms with E-state index in [1.165, 1.54) is 6.07 Å². The lowest BCUT2D eigenvalue weighted by atomic mass is 9.96. The molecule has 0 unspecified atom stereocenters. The Morgan fingerprint density at radius 3 is 2.52 bits per heavy atom. The summed E-state index contributed by atoms with van der Waals surface area (Å²) in [5.74, 6) is -1.54. The van der Waals surface area contributed by atoms with E-state index in [0.717, 1.165) is 36.5 Å². The molecule has 2 aromatic rings. The van der Waals surface area contributed by atoms with Gasteiger partial charge in [-0.2, -0.15) is 0 Å². The minimum Gasteiger partial charge on any atom is -0.338 e. The van der Waals surface area contributed by atoms with Crippen molar-refractivity contribution in [1.82, 2.24) is 19.8 Å². The molecule has 1 fully saturated rings. The number of carbonyl (C=O) groups is 2. The normalized spacial score (nSPS) is 14.9. The second-order valence-electron chi connectivity index (χ2n) is 6.35. The Labute approximate surface area is 158 Å². The Hall–Kier alpha value is -2.62.